The molecule has 0 radical (unpaired) electrons. The molecule has 1 heterocycles. The zero-order chi connectivity index (χ0) is 9.68. The fourth-order valence-electron chi connectivity index (χ4n) is 0.774. The molecular weight excluding hydrogens is 234 g/mol. The third kappa shape index (κ3) is 3.69. The van der Waals surface area contributed by atoms with Gasteiger partial charge in [-0.1, -0.05) is 6.92 Å². The molecule has 1 rings (SSSR count). The summed E-state index contributed by atoms with van der Waals surface area (Å²) >= 11 is 3.25. The van der Waals surface area contributed by atoms with Gasteiger partial charge >= 0.3 is 0 Å². The smallest absolute Gasteiger partial charge is 0.130 e. The fourth-order valence-corrected chi connectivity index (χ4v) is 1.08. The molecule has 5 heteroatoms. The lowest BCUT2D eigenvalue weighted by molar-refractivity contribution is 0.244. The molecule has 0 aliphatic rings. The third-order valence-corrected chi connectivity index (χ3v) is 2.01. The predicted molar refractivity (Wildman–Crippen MR) is 54.5 cm³/mol. The molecule has 0 saturated heterocycles. The van der Waals surface area contributed by atoms with Crippen molar-refractivity contribution in [3.63, 3.8) is 0 Å². The van der Waals surface area contributed by atoms with Crippen molar-refractivity contribution in [1.29, 1.82) is 0 Å². The van der Waals surface area contributed by atoms with Gasteiger partial charge in [0, 0.05) is 19.2 Å². The van der Waals surface area contributed by atoms with E-state index in [9.17, 15) is 0 Å². The van der Waals surface area contributed by atoms with Crippen molar-refractivity contribution in [3.05, 3.63) is 17.0 Å². The lowest BCUT2D eigenvalue weighted by atomic mass is 10.2. The predicted octanol–water partition coefficient (Wildman–Crippen LogP) is 1.28. The summed E-state index contributed by atoms with van der Waals surface area (Å²) < 4.78 is 0.752. The van der Waals surface area contributed by atoms with E-state index in [1.165, 1.54) is 6.33 Å². The highest BCUT2D eigenvalue weighted by molar-refractivity contribution is 9.10. The van der Waals surface area contributed by atoms with Crippen molar-refractivity contribution < 1.29 is 5.11 Å². The van der Waals surface area contributed by atoms with Gasteiger partial charge in [-0.15, -0.1) is 0 Å². The normalized spacial score (nSPS) is 12.5. The number of aromatic nitrogens is 2. The van der Waals surface area contributed by atoms with Crippen LogP contribution in [-0.4, -0.2) is 28.2 Å². The molecule has 0 saturated carbocycles. The van der Waals surface area contributed by atoms with Crippen molar-refractivity contribution in [2.24, 2.45) is 5.92 Å². The highest BCUT2D eigenvalue weighted by atomic mass is 79.9. The molecule has 0 amide bonds. The first-order valence-corrected chi connectivity index (χ1v) is 4.84. The molecule has 0 bridgehead atoms. The van der Waals surface area contributed by atoms with E-state index in [0.717, 1.165) is 10.4 Å². The molecule has 0 aromatic carbocycles. The fraction of sp³-hybridized carbons (Fsp3) is 0.500. The maximum atomic E-state index is 8.79. The highest BCUT2D eigenvalue weighted by Gasteiger charge is 2.00. The van der Waals surface area contributed by atoms with Crippen LogP contribution in [-0.2, 0) is 0 Å². The molecule has 1 unspecified atom stereocenters. The number of nitrogens with zero attached hydrogens (tertiary/aromatic N) is 2. The quantitative estimate of drug-likeness (QED) is 0.785. The Labute approximate surface area is 85.5 Å². The molecule has 1 atom stereocenters. The first-order chi connectivity index (χ1) is 6.22. The number of halogens is 1. The Morgan fingerprint density at radius 1 is 1.62 bits per heavy atom. The molecule has 13 heavy (non-hydrogen) atoms. The largest absolute Gasteiger partial charge is 0.396 e. The number of aliphatic hydroxyl groups excluding tert-OH is 1. The van der Waals surface area contributed by atoms with Crippen molar-refractivity contribution in [2.45, 2.75) is 6.92 Å². The van der Waals surface area contributed by atoms with Crippen LogP contribution in [0.2, 0.25) is 0 Å². The minimum atomic E-state index is 0.180. The van der Waals surface area contributed by atoms with Gasteiger partial charge in [0.05, 0.1) is 0 Å². The Balaban J connectivity index is 2.45. The summed E-state index contributed by atoms with van der Waals surface area (Å²) in [6.45, 7) is 2.85. The lowest BCUT2D eigenvalue weighted by Gasteiger charge is -2.09. The minimum absolute atomic E-state index is 0.180. The standard InChI is InChI=1S/C8H12BrN3O/c1-6(4-13)3-10-8-2-7(9)11-5-12-8/h2,5-6,13H,3-4H2,1H3,(H,10,11,12). The number of anilines is 1. The first-order valence-electron chi connectivity index (χ1n) is 4.04. The van der Waals surface area contributed by atoms with E-state index in [2.05, 4.69) is 31.2 Å². The molecule has 0 aliphatic heterocycles. The van der Waals surface area contributed by atoms with E-state index in [4.69, 9.17) is 5.11 Å². The Bertz CT molecular complexity index is 269. The second-order valence-corrected chi connectivity index (χ2v) is 3.71. The van der Waals surface area contributed by atoms with E-state index in [1.54, 1.807) is 6.07 Å². The van der Waals surface area contributed by atoms with Crippen LogP contribution in [0.5, 0.6) is 0 Å². The van der Waals surface area contributed by atoms with Crippen molar-refractivity contribution in [3.8, 4) is 0 Å². The molecule has 2 N–H and O–H groups in total. The lowest BCUT2D eigenvalue weighted by Crippen LogP contribution is -2.15. The second kappa shape index (κ2) is 5.14. The van der Waals surface area contributed by atoms with E-state index >= 15 is 0 Å². The number of rotatable bonds is 4. The van der Waals surface area contributed by atoms with Crippen molar-refractivity contribution in [2.75, 3.05) is 18.5 Å². The molecular formula is C8H12BrN3O. The van der Waals surface area contributed by atoms with Crippen LogP contribution < -0.4 is 5.32 Å². The molecule has 1 aromatic rings. The molecule has 0 spiro atoms. The van der Waals surface area contributed by atoms with Gasteiger partial charge in [0.1, 0.15) is 16.7 Å². The Hall–Kier alpha value is -0.680. The number of aliphatic hydroxyl groups is 1. The maximum absolute atomic E-state index is 8.79. The summed E-state index contributed by atoms with van der Waals surface area (Å²) in [4.78, 5) is 7.92. The number of nitrogens with one attached hydrogen (secondary N) is 1. The van der Waals surface area contributed by atoms with E-state index < -0.39 is 0 Å². The van der Waals surface area contributed by atoms with E-state index in [0.29, 0.717) is 6.54 Å². The monoisotopic (exact) mass is 245 g/mol. The summed E-state index contributed by atoms with van der Waals surface area (Å²) in [5.74, 6) is 0.996. The minimum Gasteiger partial charge on any atom is -0.396 e. The Kier molecular flexibility index (Phi) is 4.11. The molecule has 0 fully saturated rings. The van der Waals surface area contributed by atoms with Gasteiger partial charge in [-0.3, -0.25) is 0 Å². The summed E-state index contributed by atoms with van der Waals surface area (Å²) in [6.07, 6.45) is 1.48. The first kappa shape index (κ1) is 10.4. The van der Waals surface area contributed by atoms with Gasteiger partial charge in [-0.25, -0.2) is 9.97 Å². The van der Waals surface area contributed by atoms with Crippen molar-refractivity contribution >= 4 is 21.7 Å². The van der Waals surface area contributed by atoms with Gasteiger partial charge in [0.2, 0.25) is 0 Å². The number of hydrogen-bond acceptors (Lipinski definition) is 4. The van der Waals surface area contributed by atoms with Gasteiger partial charge in [-0.2, -0.15) is 0 Å². The average molecular weight is 246 g/mol. The highest BCUT2D eigenvalue weighted by Crippen LogP contribution is 2.09. The van der Waals surface area contributed by atoms with Gasteiger partial charge < -0.3 is 10.4 Å². The van der Waals surface area contributed by atoms with Crippen LogP contribution in [0, 0.1) is 5.92 Å². The zero-order valence-corrected chi connectivity index (χ0v) is 8.95. The van der Waals surface area contributed by atoms with E-state index in [1.807, 2.05) is 6.92 Å². The van der Waals surface area contributed by atoms with Crippen LogP contribution in [0.1, 0.15) is 6.92 Å². The summed E-state index contributed by atoms with van der Waals surface area (Å²) in [5, 5.41) is 11.9. The van der Waals surface area contributed by atoms with Gasteiger partial charge in [0.25, 0.3) is 0 Å². The topological polar surface area (TPSA) is 58.0 Å². The van der Waals surface area contributed by atoms with Crippen LogP contribution in [0.15, 0.2) is 17.0 Å². The Morgan fingerprint density at radius 2 is 2.38 bits per heavy atom. The summed E-state index contributed by atoms with van der Waals surface area (Å²) in [5.41, 5.74) is 0. The third-order valence-electron chi connectivity index (χ3n) is 1.58. The maximum Gasteiger partial charge on any atom is 0.130 e. The average Bonchev–Trinajstić information content (AvgIpc) is 2.14. The second-order valence-electron chi connectivity index (χ2n) is 2.89. The Morgan fingerprint density at radius 3 is 3.00 bits per heavy atom. The van der Waals surface area contributed by atoms with Gasteiger partial charge in [0.15, 0.2) is 0 Å². The van der Waals surface area contributed by atoms with Crippen LogP contribution in [0.4, 0.5) is 5.82 Å². The summed E-state index contributed by atoms with van der Waals surface area (Å²) in [6, 6.07) is 1.80. The van der Waals surface area contributed by atoms with Crippen LogP contribution >= 0.6 is 15.9 Å². The number of hydrogen-bond donors (Lipinski definition) is 2. The van der Waals surface area contributed by atoms with Gasteiger partial charge in [-0.05, 0) is 21.8 Å². The zero-order valence-electron chi connectivity index (χ0n) is 7.37. The molecule has 72 valence electrons. The molecule has 0 aliphatic carbocycles. The summed E-state index contributed by atoms with van der Waals surface area (Å²) in [7, 11) is 0. The SMILES string of the molecule is CC(CO)CNc1cc(Br)ncn1. The molecule has 1 aromatic heterocycles. The van der Waals surface area contributed by atoms with Crippen molar-refractivity contribution in [1.82, 2.24) is 9.97 Å². The molecule has 4 nitrogen and oxygen atoms in total. The van der Waals surface area contributed by atoms with Crippen LogP contribution in [0.25, 0.3) is 0 Å². The van der Waals surface area contributed by atoms with Crippen LogP contribution in [0.3, 0.4) is 0 Å². The van der Waals surface area contributed by atoms with E-state index in [-0.39, 0.29) is 12.5 Å².